The van der Waals surface area contributed by atoms with E-state index in [1.165, 1.54) is 11.3 Å². The maximum absolute atomic E-state index is 14.3. The Kier molecular flexibility index (Phi) is 8.03. The number of benzene rings is 2. The van der Waals surface area contributed by atoms with Crippen LogP contribution >= 0.6 is 22.9 Å². The molecule has 0 aliphatic carbocycles. The highest BCUT2D eigenvalue weighted by Crippen LogP contribution is 2.31. The number of halogens is 1. The molecule has 8 heteroatoms. The van der Waals surface area contributed by atoms with E-state index in [9.17, 15) is 14.7 Å². The quantitative estimate of drug-likeness (QED) is 0.299. The summed E-state index contributed by atoms with van der Waals surface area (Å²) in [4.78, 5) is 34.7. The summed E-state index contributed by atoms with van der Waals surface area (Å²) in [5.74, 6) is -0.178. The zero-order valence-corrected chi connectivity index (χ0v) is 24.0. The zero-order valence-electron chi connectivity index (χ0n) is 22.4. The molecule has 0 spiro atoms. The lowest BCUT2D eigenvalue weighted by Crippen LogP contribution is -2.43. The van der Waals surface area contributed by atoms with Gasteiger partial charge in [-0.15, -0.1) is 11.3 Å². The largest absolute Gasteiger partial charge is 0.391 e. The molecule has 1 fully saturated rings. The molecule has 4 aromatic rings. The third-order valence-electron chi connectivity index (χ3n) is 7.42. The van der Waals surface area contributed by atoms with Crippen LogP contribution in [0, 0.1) is 6.92 Å². The van der Waals surface area contributed by atoms with Crippen molar-refractivity contribution in [2.45, 2.75) is 52.6 Å². The van der Waals surface area contributed by atoms with E-state index in [0.717, 1.165) is 47.3 Å². The molecule has 0 saturated carbocycles. The Morgan fingerprint density at radius 1 is 1.13 bits per heavy atom. The molecule has 202 valence electrons. The lowest BCUT2D eigenvalue weighted by molar-refractivity contribution is 0.0472. The number of likely N-dealkylation sites (tertiary alicyclic amines) is 1. The highest BCUT2D eigenvalue weighted by molar-refractivity contribution is 7.13. The third kappa shape index (κ3) is 5.31. The minimum absolute atomic E-state index is 0.178. The van der Waals surface area contributed by atoms with Crippen LogP contribution in [0.2, 0.25) is 5.02 Å². The lowest BCUT2D eigenvalue weighted by Gasteiger charge is -2.31. The molecular weight excluding hydrogens is 530 g/mol. The maximum atomic E-state index is 14.3. The molecule has 0 radical (unpaired) electrons. The van der Waals surface area contributed by atoms with Crippen molar-refractivity contribution in [1.29, 1.82) is 0 Å². The Bertz CT molecular complexity index is 1550. The Morgan fingerprint density at radius 2 is 1.82 bits per heavy atom. The van der Waals surface area contributed by atoms with Crippen LogP contribution in [-0.4, -0.2) is 44.7 Å². The third-order valence-corrected chi connectivity index (χ3v) is 8.55. The number of hydrogen-bond acceptors (Lipinski definition) is 5. The molecule has 1 atom stereocenters. The molecule has 1 aliphatic heterocycles. The first-order chi connectivity index (χ1) is 18.8. The van der Waals surface area contributed by atoms with Gasteiger partial charge in [-0.3, -0.25) is 14.2 Å². The number of thiazole rings is 1. The summed E-state index contributed by atoms with van der Waals surface area (Å²) in [5, 5.41) is 13.4. The van der Waals surface area contributed by atoms with Gasteiger partial charge in [-0.1, -0.05) is 55.8 Å². The Balaban J connectivity index is 1.73. The van der Waals surface area contributed by atoms with Crippen LogP contribution in [-0.2, 0) is 12.8 Å². The minimum Gasteiger partial charge on any atom is -0.391 e. The molecule has 2 aromatic carbocycles. The SMILES string of the molecule is CCc1cccc(CC)c1-n1c(C)c(C(=O)N2CCCC(O)C2)cc(-c2nc(-c3ccc(Cl)cc3)cs2)c1=O. The van der Waals surface area contributed by atoms with Gasteiger partial charge in [0.1, 0.15) is 5.01 Å². The van der Waals surface area contributed by atoms with E-state index in [1.807, 2.05) is 54.8 Å². The number of aryl methyl sites for hydroxylation is 2. The van der Waals surface area contributed by atoms with E-state index in [-0.39, 0.29) is 18.0 Å². The molecule has 2 aromatic heterocycles. The smallest absolute Gasteiger partial charge is 0.265 e. The molecule has 5 rings (SSSR count). The van der Waals surface area contributed by atoms with E-state index >= 15 is 0 Å². The predicted octanol–water partition coefficient (Wildman–Crippen LogP) is 6.31. The monoisotopic (exact) mass is 561 g/mol. The van der Waals surface area contributed by atoms with Crippen LogP contribution in [0.25, 0.3) is 27.5 Å². The summed E-state index contributed by atoms with van der Waals surface area (Å²) in [6, 6.07) is 15.2. The van der Waals surface area contributed by atoms with Crippen molar-refractivity contribution >= 4 is 28.8 Å². The molecule has 6 nitrogen and oxygen atoms in total. The molecule has 1 N–H and O–H groups in total. The number of pyridine rings is 1. The summed E-state index contributed by atoms with van der Waals surface area (Å²) < 4.78 is 1.71. The number of piperidine rings is 1. The number of hydrogen-bond donors (Lipinski definition) is 1. The van der Waals surface area contributed by atoms with Crippen molar-refractivity contribution in [3.05, 3.63) is 91.7 Å². The molecule has 39 heavy (non-hydrogen) atoms. The van der Waals surface area contributed by atoms with Crippen molar-refractivity contribution in [2.24, 2.45) is 0 Å². The first-order valence-corrected chi connectivity index (χ1v) is 14.6. The number of aromatic nitrogens is 2. The van der Waals surface area contributed by atoms with Gasteiger partial charge in [0.15, 0.2) is 0 Å². The number of aliphatic hydroxyl groups excluding tert-OH is 1. The number of rotatable bonds is 6. The average Bonchev–Trinajstić information content (AvgIpc) is 3.43. The predicted molar refractivity (Wildman–Crippen MR) is 158 cm³/mol. The van der Waals surface area contributed by atoms with Gasteiger partial charge < -0.3 is 10.0 Å². The van der Waals surface area contributed by atoms with Crippen molar-refractivity contribution in [3.63, 3.8) is 0 Å². The van der Waals surface area contributed by atoms with Crippen LogP contribution < -0.4 is 5.56 Å². The number of para-hydroxylation sites is 1. The normalized spacial score (nSPS) is 15.5. The van der Waals surface area contributed by atoms with Gasteiger partial charge in [-0.25, -0.2) is 4.98 Å². The number of carbonyl (C=O) groups is 1. The molecular formula is C31H32ClN3O3S. The van der Waals surface area contributed by atoms with Crippen molar-refractivity contribution < 1.29 is 9.90 Å². The van der Waals surface area contributed by atoms with Gasteiger partial charge in [0.25, 0.3) is 11.5 Å². The lowest BCUT2D eigenvalue weighted by atomic mass is 10.00. The van der Waals surface area contributed by atoms with E-state index in [4.69, 9.17) is 16.6 Å². The van der Waals surface area contributed by atoms with Crippen molar-refractivity contribution in [1.82, 2.24) is 14.5 Å². The van der Waals surface area contributed by atoms with Gasteiger partial charge in [-0.05, 0) is 61.9 Å². The Labute approximate surface area is 237 Å². The van der Waals surface area contributed by atoms with E-state index in [0.29, 0.717) is 39.8 Å². The number of carbonyl (C=O) groups excluding carboxylic acids is 1. The zero-order chi connectivity index (χ0) is 27.7. The van der Waals surface area contributed by atoms with Crippen LogP contribution in [0.5, 0.6) is 0 Å². The molecule has 1 amide bonds. The summed E-state index contributed by atoms with van der Waals surface area (Å²) in [6.45, 7) is 6.85. The molecule has 1 aliphatic rings. The van der Waals surface area contributed by atoms with Crippen molar-refractivity contribution in [2.75, 3.05) is 13.1 Å². The van der Waals surface area contributed by atoms with Gasteiger partial charge in [0.2, 0.25) is 0 Å². The van der Waals surface area contributed by atoms with Crippen LogP contribution in [0.4, 0.5) is 0 Å². The van der Waals surface area contributed by atoms with E-state index in [2.05, 4.69) is 13.8 Å². The first kappa shape index (κ1) is 27.3. The van der Waals surface area contributed by atoms with Crippen LogP contribution in [0.15, 0.2) is 58.7 Å². The summed E-state index contributed by atoms with van der Waals surface area (Å²) in [5.41, 5.74) is 5.82. The van der Waals surface area contributed by atoms with Crippen LogP contribution in [0.1, 0.15) is 53.9 Å². The average molecular weight is 562 g/mol. The van der Waals surface area contributed by atoms with Crippen molar-refractivity contribution in [3.8, 4) is 27.5 Å². The Morgan fingerprint density at radius 3 is 2.46 bits per heavy atom. The second-order valence-corrected chi connectivity index (χ2v) is 11.2. The fourth-order valence-electron chi connectivity index (χ4n) is 5.31. The van der Waals surface area contributed by atoms with Gasteiger partial charge in [-0.2, -0.15) is 0 Å². The number of aliphatic hydroxyl groups is 1. The fourth-order valence-corrected chi connectivity index (χ4v) is 6.27. The summed E-state index contributed by atoms with van der Waals surface area (Å²) in [7, 11) is 0. The molecule has 1 unspecified atom stereocenters. The van der Waals surface area contributed by atoms with Gasteiger partial charge >= 0.3 is 0 Å². The second kappa shape index (κ2) is 11.5. The second-order valence-electron chi connectivity index (χ2n) is 9.92. The summed E-state index contributed by atoms with van der Waals surface area (Å²) in [6.07, 6.45) is 2.39. The molecule has 3 heterocycles. The van der Waals surface area contributed by atoms with Crippen LogP contribution in [0.3, 0.4) is 0 Å². The fraction of sp³-hybridized carbons (Fsp3) is 0.323. The number of amides is 1. The Hall–Kier alpha value is -3.26. The summed E-state index contributed by atoms with van der Waals surface area (Å²) >= 11 is 7.45. The highest BCUT2D eigenvalue weighted by Gasteiger charge is 2.28. The molecule has 1 saturated heterocycles. The molecule has 0 bridgehead atoms. The van der Waals surface area contributed by atoms with Gasteiger partial charge in [0.05, 0.1) is 28.6 Å². The number of nitrogens with zero attached hydrogens (tertiary/aromatic N) is 3. The van der Waals surface area contributed by atoms with E-state index in [1.54, 1.807) is 15.5 Å². The first-order valence-electron chi connectivity index (χ1n) is 13.4. The maximum Gasteiger partial charge on any atom is 0.265 e. The van der Waals surface area contributed by atoms with E-state index < -0.39 is 6.10 Å². The standard InChI is InChI=1S/C31H32ClN3O3S/c1-4-20-8-6-9-21(5-2)28(20)35-19(3)25(30(37)34-15-7-10-24(36)17-34)16-26(31(35)38)29-33-27(18-39-29)22-11-13-23(32)14-12-22/h6,8-9,11-14,16,18,24,36H,4-5,7,10,15,17H2,1-3H3. The topological polar surface area (TPSA) is 75.4 Å². The highest BCUT2D eigenvalue weighted by atomic mass is 35.5. The van der Waals surface area contributed by atoms with Gasteiger partial charge in [0, 0.05) is 34.7 Å². The minimum atomic E-state index is -0.540. The number of β-amino-alcohol motifs (C(OH)–C–C–N with tert-alkyl or cyclic N) is 1.